The first-order valence-corrected chi connectivity index (χ1v) is 4.19. The van der Waals surface area contributed by atoms with Crippen molar-refractivity contribution in [2.45, 2.75) is 0 Å². The van der Waals surface area contributed by atoms with E-state index in [9.17, 15) is 0 Å². The van der Waals surface area contributed by atoms with Gasteiger partial charge in [-0.2, -0.15) is 4.98 Å². The third-order valence-electron chi connectivity index (χ3n) is 1.61. The van der Waals surface area contributed by atoms with Gasteiger partial charge in [0.25, 0.3) is 0 Å². The van der Waals surface area contributed by atoms with Crippen LogP contribution in [0, 0.1) is 0 Å². The highest BCUT2D eigenvalue weighted by molar-refractivity contribution is 5.65. The van der Waals surface area contributed by atoms with Crippen LogP contribution < -0.4 is 15.8 Å². The van der Waals surface area contributed by atoms with Gasteiger partial charge < -0.3 is 20.5 Å². The molecule has 0 saturated carbocycles. The lowest BCUT2D eigenvalue weighted by atomic mass is 10.4. The summed E-state index contributed by atoms with van der Waals surface area (Å²) < 4.78 is 10.1. The van der Waals surface area contributed by atoms with Gasteiger partial charge >= 0.3 is 0 Å². The lowest BCUT2D eigenvalue weighted by Gasteiger charge is -2.09. The Kier molecular flexibility index (Phi) is 3.93. The highest BCUT2D eigenvalue weighted by Crippen LogP contribution is 2.23. The first kappa shape index (κ1) is 10.5. The average molecular weight is 198 g/mol. The molecule has 0 radical (unpaired) electrons. The van der Waals surface area contributed by atoms with E-state index < -0.39 is 0 Å². The summed E-state index contributed by atoms with van der Waals surface area (Å²) in [4.78, 5) is 7.83. The molecular weight excluding hydrogens is 184 g/mol. The largest absolute Gasteiger partial charge is 0.474 e. The minimum absolute atomic E-state index is 0.376. The summed E-state index contributed by atoms with van der Waals surface area (Å²) in [5, 5.41) is 2.84. The molecule has 0 aliphatic carbocycles. The summed E-state index contributed by atoms with van der Waals surface area (Å²) in [6.45, 7) is 0.916. The number of hydrogen-bond donors (Lipinski definition) is 2. The van der Waals surface area contributed by atoms with Crippen LogP contribution in [0.2, 0.25) is 0 Å². The third-order valence-corrected chi connectivity index (χ3v) is 1.61. The van der Waals surface area contributed by atoms with Crippen molar-refractivity contribution in [2.24, 2.45) is 0 Å². The zero-order chi connectivity index (χ0) is 10.4. The molecule has 0 atom stereocenters. The summed E-state index contributed by atoms with van der Waals surface area (Å²) >= 11 is 0. The smallest absolute Gasteiger partial charge is 0.242 e. The molecule has 1 rings (SSSR count). The second-order valence-electron chi connectivity index (χ2n) is 2.53. The SMILES string of the molecule is CNc1ncnc(OCCOC)c1N. The van der Waals surface area contributed by atoms with Crippen LogP contribution in [0.1, 0.15) is 0 Å². The molecule has 0 aromatic carbocycles. The van der Waals surface area contributed by atoms with Crippen LogP contribution in [-0.2, 0) is 4.74 Å². The number of nitrogens with zero attached hydrogens (tertiary/aromatic N) is 2. The first-order chi connectivity index (χ1) is 6.79. The highest BCUT2D eigenvalue weighted by Gasteiger charge is 2.06. The van der Waals surface area contributed by atoms with Crippen molar-refractivity contribution in [2.75, 3.05) is 38.4 Å². The van der Waals surface area contributed by atoms with Gasteiger partial charge in [0.1, 0.15) is 18.6 Å². The minimum atomic E-state index is 0.376. The molecule has 0 bridgehead atoms. The Morgan fingerprint density at radius 2 is 2.21 bits per heavy atom. The van der Waals surface area contributed by atoms with Gasteiger partial charge in [-0.3, -0.25) is 0 Å². The Labute approximate surface area is 82.4 Å². The van der Waals surface area contributed by atoms with Crippen LogP contribution in [0.4, 0.5) is 11.5 Å². The van der Waals surface area contributed by atoms with E-state index in [-0.39, 0.29) is 0 Å². The van der Waals surface area contributed by atoms with Gasteiger partial charge in [0, 0.05) is 14.2 Å². The molecule has 6 heteroatoms. The molecule has 78 valence electrons. The number of nitrogens with one attached hydrogen (secondary N) is 1. The van der Waals surface area contributed by atoms with Gasteiger partial charge in [-0.05, 0) is 0 Å². The van der Waals surface area contributed by atoms with E-state index in [4.69, 9.17) is 15.2 Å². The minimum Gasteiger partial charge on any atom is -0.474 e. The van der Waals surface area contributed by atoms with Crippen LogP contribution >= 0.6 is 0 Å². The normalized spacial score (nSPS) is 9.86. The lowest BCUT2D eigenvalue weighted by Crippen LogP contribution is -2.09. The Bertz CT molecular complexity index is 293. The van der Waals surface area contributed by atoms with Crippen LogP contribution in [0.5, 0.6) is 5.88 Å². The maximum absolute atomic E-state index is 5.72. The molecule has 0 aliphatic rings. The molecule has 1 heterocycles. The standard InChI is InChI=1S/C8H14N4O2/c1-10-7-6(9)8(12-5-11-7)14-4-3-13-2/h5H,3-4,9H2,1-2H3,(H,10,11,12). The maximum atomic E-state index is 5.72. The Balaban J connectivity index is 2.66. The van der Waals surface area contributed by atoms with Gasteiger partial charge in [-0.15, -0.1) is 0 Å². The van der Waals surface area contributed by atoms with Crippen LogP contribution in [-0.4, -0.2) is 37.3 Å². The second kappa shape index (κ2) is 5.23. The number of methoxy groups -OCH3 is 1. The van der Waals surface area contributed by atoms with E-state index in [1.165, 1.54) is 6.33 Å². The molecule has 1 aromatic rings. The Morgan fingerprint density at radius 1 is 1.43 bits per heavy atom. The fourth-order valence-corrected chi connectivity index (χ4v) is 0.915. The summed E-state index contributed by atoms with van der Waals surface area (Å²) in [6.07, 6.45) is 1.39. The monoisotopic (exact) mass is 198 g/mol. The van der Waals surface area contributed by atoms with E-state index >= 15 is 0 Å². The molecule has 3 N–H and O–H groups in total. The number of ether oxygens (including phenoxy) is 2. The maximum Gasteiger partial charge on any atom is 0.242 e. The Hall–Kier alpha value is -1.56. The van der Waals surface area contributed by atoms with Crippen molar-refractivity contribution in [3.63, 3.8) is 0 Å². The van der Waals surface area contributed by atoms with Crippen molar-refractivity contribution in [3.8, 4) is 5.88 Å². The number of hydrogen-bond acceptors (Lipinski definition) is 6. The number of rotatable bonds is 5. The molecule has 0 aliphatic heterocycles. The van der Waals surface area contributed by atoms with E-state index in [1.807, 2.05) is 0 Å². The molecule has 0 saturated heterocycles. The van der Waals surface area contributed by atoms with Crippen molar-refractivity contribution in [3.05, 3.63) is 6.33 Å². The highest BCUT2D eigenvalue weighted by atomic mass is 16.5. The Morgan fingerprint density at radius 3 is 2.86 bits per heavy atom. The predicted octanol–water partition coefficient (Wildman–Crippen LogP) is 0.126. The second-order valence-corrected chi connectivity index (χ2v) is 2.53. The topological polar surface area (TPSA) is 82.3 Å². The summed E-state index contributed by atoms with van der Waals surface area (Å²) in [5.74, 6) is 0.939. The quantitative estimate of drug-likeness (QED) is 0.654. The fourth-order valence-electron chi connectivity index (χ4n) is 0.915. The zero-order valence-corrected chi connectivity index (χ0v) is 8.28. The number of anilines is 2. The summed E-state index contributed by atoms with van der Waals surface area (Å²) in [5.41, 5.74) is 6.13. The molecule has 0 amide bonds. The van der Waals surface area contributed by atoms with Crippen LogP contribution in [0.15, 0.2) is 6.33 Å². The molecule has 0 fully saturated rings. The van der Waals surface area contributed by atoms with E-state index in [2.05, 4.69) is 15.3 Å². The zero-order valence-electron chi connectivity index (χ0n) is 8.28. The van der Waals surface area contributed by atoms with Crippen molar-refractivity contribution >= 4 is 11.5 Å². The molecule has 14 heavy (non-hydrogen) atoms. The van der Waals surface area contributed by atoms with Gasteiger partial charge in [0.05, 0.1) is 6.61 Å². The predicted molar refractivity (Wildman–Crippen MR) is 53.4 cm³/mol. The first-order valence-electron chi connectivity index (χ1n) is 4.19. The molecular formula is C8H14N4O2. The molecule has 0 unspecified atom stereocenters. The van der Waals surface area contributed by atoms with Crippen LogP contribution in [0.25, 0.3) is 0 Å². The van der Waals surface area contributed by atoms with Gasteiger partial charge in [0.15, 0.2) is 5.82 Å². The van der Waals surface area contributed by atoms with Crippen LogP contribution in [0.3, 0.4) is 0 Å². The van der Waals surface area contributed by atoms with E-state index in [0.717, 1.165) is 0 Å². The number of nitrogen functional groups attached to an aromatic ring is 1. The van der Waals surface area contributed by atoms with E-state index in [1.54, 1.807) is 14.2 Å². The molecule has 1 aromatic heterocycles. The van der Waals surface area contributed by atoms with Gasteiger partial charge in [-0.1, -0.05) is 0 Å². The molecule has 6 nitrogen and oxygen atoms in total. The van der Waals surface area contributed by atoms with Crippen molar-refractivity contribution in [1.82, 2.24) is 9.97 Å². The molecule has 0 spiro atoms. The van der Waals surface area contributed by atoms with Gasteiger partial charge in [0.2, 0.25) is 5.88 Å². The lowest BCUT2D eigenvalue weighted by molar-refractivity contribution is 0.144. The van der Waals surface area contributed by atoms with Crippen molar-refractivity contribution < 1.29 is 9.47 Å². The van der Waals surface area contributed by atoms with Crippen molar-refractivity contribution in [1.29, 1.82) is 0 Å². The number of aromatic nitrogens is 2. The summed E-state index contributed by atoms with van der Waals surface area (Å²) in [7, 11) is 3.34. The van der Waals surface area contributed by atoms with E-state index in [0.29, 0.717) is 30.6 Å². The average Bonchev–Trinajstić information content (AvgIpc) is 2.21. The number of nitrogens with two attached hydrogens (primary N) is 1. The van der Waals surface area contributed by atoms with Gasteiger partial charge in [-0.25, -0.2) is 4.98 Å². The fraction of sp³-hybridized carbons (Fsp3) is 0.500. The summed E-state index contributed by atoms with van der Waals surface area (Å²) in [6, 6.07) is 0. The third kappa shape index (κ3) is 2.46.